The van der Waals surface area contributed by atoms with Crippen LogP contribution in [0.4, 0.5) is 16.0 Å². The van der Waals surface area contributed by atoms with Crippen molar-refractivity contribution in [1.29, 1.82) is 0 Å². The van der Waals surface area contributed by atoms with E-state index in [1.807, 2.05) is 6.07 Å². The lowest BCUT2D eigenvalue weighted by Gasteiger charge is -2.42. The van der Waals surface area contributed by atoms with Gasteiger partial charge in [-0.2, -0.15) is 0 Å². The van der Waals surface area contributed by atoms with E-state index in [-0.39, 0.29) is 23.4 Å². The molecule has 47 heavy (non-hydrogen) atoms. The molecule has 0 unspecified atom stereocenters. The van der Waals surface area contributed by atoms with Crippen LogP contribution < -0.4 is 15.0 Å². The number of aromatic nitrogens is 4. The van der Waals surface area contributed by atoms with Gasteiger partial charge in [-0.3, -0.25) is 25.0 Å². The summed E-state index contributed by atoms with van der Waals surface area (Å²) in [6, 6.07) is 9.95. The van der Waals surface area contributed by atoms with Crippen molar-refractivity contribution in [2.75, 3.05) is 63.6 Å². The van der Waals surface area contributed by atoms with Crippen LogP contribution in [0, 0.1) is 5.82 Å². The molecule has 11 nitrogen and oxygen atoms in total. The van der Waals surface area contributed by atoms with Crippen LogP contribution in [0.3, 0.4) is 0 Å². The second-order valence-corrected chi connectivity index (χ2v) is 13.0. The van der Waals surface area contributed by atoms with Gasteiger partial charge in [-0.05, 0) is 75.9 Å². The lowest BCUT2D eigenvalue weighted by molar-refractivity contribution is 0.0982. The maximum Gasteiger partial charge on any atom is 0.261 e. The Labute approximate surface area is 274 Å². The quantitative estimate of drug-likeness (QED) is 0.299. The molecule has 7 rings (SSSR count). The van der Waals surface area contributed by atoms with Crippen molar-refractivity contribution in [2.45, 2.75) is 56.7 Å². The predicted molar refractivity (Wildman–Crippen MR) is 179 cm³/mol. The number of piperidine rings is 1. The number of nitrogens with one attached hydrogen (secondary N) is 1. The Morgan fingerprint density at radius 3 is 2.47 bits per heavy atom. The highest BCUT2D eigenvalue weighted by atomic mass is 19.1. The van der Waals surface area contributed by atoms with Gasteiger partial charge >= 0.3 is 0 Å². The van der Waals surface area contributed by atoms with Gasteiger partial charge in [-0.15, -0.1) is 0 Å². The van der Waals surface area contributed by atoms with Gasteiger partial charge in [0.05, 0.1) is 35.4 Å². The molecule has 2 aliphatic heterocycles. The largest absolute Gasteiger partial charge is 0.496 e. The number of methoxy groups -OCH3 is 1. The fraction of sp³-hybridized carbons (Fsp3) is 0.486. The maximum absolute atomic E-state index is 15.9. The number of aliphatic hydroxyl groups excluding tert-OH is 1. The number of carbonyl (C=O) groups is 1. The molecule has 1 amide bonds. The molecule has 3 fully saturated rings. The van der Waals surface area contributed by atoms with Gasteiger partial charge in [0.25, 0.3) is 5.91 Å². The fourth-order valence-corrected chi connectivity index (χ4v) is 7.44. The number of rotatable bonds is 7. The SMILES string of the molecule is COc1ccncc1-c1nccc(C(=O)Nc2nc3ccc(N4CCC(N5CCN(C)CC5)CC4)cc3n2C2CCC(O)CC2)c1F. The van der Waals surface area contributed by atoms with E-state index in [0.29, 0.717) is 36.1 Å². The first-order chi connectivity index (χ1) is 22.9. The number of nitrogens with zero attached hydrogens (tertiary/aromatic N) is 7. The Balaban J connectivity index is 1.16. The van der Waals surface area contributed by atoms with Crippen LogP contribution in [0.5, 0.6) is 5.75 Å². The zero-order valence-electron chi connectivity index (χ0n) is 27.1. The summed E-state index contributed by atoms with van der Waals surface area (Å²) >= 11 is 0. The van der Waals surface area contributed by atoms with Crippen LogP contribution in [0.2, 0.25) is 0 Å². The van der Waals surface area contributed by atoms with Crippen molar-refractivity contribution in [1.82, 2.24) is 29.3 Å². The summed E-state index contributed by atoms with van der Waals surface area (Å²) in [6.45, 7) is 6.51. The molecule has 1 aliphatic carbocycles. The van der Waals surface area contributed by atoms with Gasteiger partial charge in [-0.1, -0.05) is 0 Å². The van der Waals surface area contributed by atoms with E-state index in [0.717, 1.165) is 81.7 Å². The standard InChI is InChI=1S/C35H43FN8O3/c1-41-17-19-43(20-18-41)23-11-15-42(16-12-23)25-5-8-29-30(21-25)44(24-3-6-26(45)7-4-24)35(39-29)40-34(46)27-9-14-38-33(32(27)36)28-22-37-13-10-31(28)47-2/h5,8-10,13-14,21-24,26,45H,3-4,6-7,11-12,15-20H2,1-2H3,(H,39,40,46). The molecule has 4 aromatic rings. The van der Waals surface area contributed by atoms with Crippen LogP contribution in [0.15, 0.2) is 48.9 Å². The average Bonchev–Trinajstić information content (AvgIpc) is 3.46. The zero-order valence-corrected chi connectivity index (χ0v) is 27.1. The summed E-state index contributed by atoms with van der Waals surface area (Å²) in [7, 11) is 3.69. The average molecular weight is 643 g/mol. The third-order valence-corrected chi connectivity index (χ3v) is 10.2. The number of anilines is 2. The van der Waals surface area contributed by atoms with Crippen LogP contribution in [-0.2, 0) is 0 Å². The highest BCUT2D eigenvalue weighted by Crippen LogP contribution is 2.37. The number of pyridine rings is 2. The number of benzene rings is 1. The van der Waals surface area contributed by atoms with Crippen molar-refractivity contribution in [3.8, 4) is 17.0 Å². The summed E-state index contributed by atoms with van der Waals surface area (Å²) in [5.41, 5.74) is 3.02. The molecule has 2 N–H and O–H groups in total. The Bertz CT molecular complexity index is 1720. The van der Waals surface area contributed by atoms with Gasteiger partial charge < -0.3 is 24.2 Å². The van der Waals surface area contributed by atoms with Crippen molar-refractivity contribution >= 4 is 28.6 Å². The van der Waals surface area contributed by atoms with Gasteiger partial charge in [-0.25, -0.2) is 9.37 Å². The number of hydrogen-bond acceptors (Lipinski definition) is 9. The van der Waals surface area contributed by atoms with Crippen LogP contribution in [0.1, 0.15) is 54.9 Å². The van der Waals surface area contributed by atoms with E-state index in [4.69, 9.17) is 9.72 Å². The third-order valence-electron chi connectivity index (χ3n) is 10.2. The minimum Gasteiger partial charge on any atom is -0.496 e. The number of aliphatic hydroxyl groups is 1. The van der Waals surface area contributed by atoms with Crippen molar-refractivity contribution in [3.63, 3.8) is 0 Å². The third kappa shape index (κ3) is 6.41. The molecule has 5 heterocycles. The van der Waals surface area contributed by atoms with Gasteiger partial charge in [0.2, 0.25) is 5.95 Å². The summed E-state index contributed by atoms with van der Waals surface area (Å²) in [6.07, 6.45) is 9.22. The number of piperazine rings is 1. The number of likely N-dealkylation sites (N-methyl/N-ethyl adjacent to an activating group) is 1. The number of carbonyl (C=O) groups excluding carboxylic acids is 1. The molecule has 2 saturated heterocycles. The Kier molecular flexibility index (Phi) is 9.07. The second-order valence-electron chi connectivity index (χ2n) is 13.0. The number of halogens is 1. The molecular weight excluding hydrogens is 599 g/mol. The second kappa shape index (κ2) is 13.5. The molecule has 3 aromatic heterocycles. The highest BCUT2D eigenvalue weighted by molar-refractivity contribution is 6.05. The summed E-state index contributed by atoms with van der Waals surface area (Å²) in [4.78, 5) is 34.3. The monoisotopic (exact) mass is 642 g/mol. The first-order valence-electron chi connectivity index (χ1n) is 16.7. The summed E-state index contributed by atoms with van der Waals surface area (Å²) < 4.78 is 23.3. The van der Waals surface area contributed by atoms with E-state index in [1.165, 1.54) is 25.6 Å². The van der Waals surface area contributed by atoms with Gasteiger partial charge in [0.1, 0.15) is 11.4 Å². The van der Waals surface area contributed by atoms with Crippen molar-refractivity contribution in [3.05, 3.63) is 60.3 Å². The Morgan fingerprint density at radius 1 is 0.957 bits per heavy atom. The zero-order chi connectivity index (χ0) is 32.5. The molecule has 1 aromatic carbocycles. The molecule has 1 saturated carbocycles. The molecule has 3 aliphatic rings. The smallest absolute Gasteiger partial charge is 0.261 e. The van der Waals surface area contributed by atoms with Gasteiger partial charge in [0, 0.05) is 75.6 Å². The number of fused-ring (bicyclic) bond motifs is 1. The normalized spacial score (nSPS) is 21.7. The first kappa shape index (κ1) is 31.5. The molecular formula is C35H43FN8O3. The van der Waals surface area contributed by atoms with Crippen LogP contribution in [-0.4, -0.2) is 106 Å². The predicted octanol–water partition coefficient (Wildman–Crippen LogP) is 4.59. The molecule has 0 atom stereocenters. The number of hydrogen-bond donors (Lipinski definition) is 2. The molecule has 0 spiro atoms. The van der Waals surface area contributed by atoms with E-state index in [2.05, 4.69) is 53.7 Å². The van der Waals surface area contributed by atoms with Gasteiger partial charge in [0.15, 0.2) is 5.82 Å². The molecule has 0 radical (unpaired) electrons. The van der Waals surface area contributed by atoms with Crippen LogP contribution in [0.25, 0.3) is 22.3 Å². The number of imidazole rings is 1. The fourth-order valence-electron chi connectivity index (χ4n) is 7.44. The molecule has 12 heteroatoms. The first-order valence-corrected chi connectivity index (χ1v) is 16.7. The van der Waals surface area contributed by atoms with E-state index in [1.54, 1.807) is 12.3 Å². The van der Waals surface area contributed by atoms with Crippen LogP contribution >= 0.6 is 0 Å². The highest BCUT2D eigenvalue weighted by Gasteiger charge is 2.30. The Hall–Kier alpha value is -4.13. The summed E-state index contributed by atoms with van der Waals surface area (Å²) in [5.74, 6) is -0.603. The molecule has 0 bridgehead atoms. The lowest BCUT2D eigenvalue weighted by Crippen LogP contribution is -2.52. The number of ether oxygens (including phenoxy) is 1. The summed E-state index contributed by atoms with van der Waals surface area (Å²) in [5, 5.41) is 13.2. The number of amides is 1. The lowest BCUT2D eigenvalue weighted by atomic mass is 9.93. The maximum atomic E-state index is 15.9. The topological polar surface area (TPSA) is 112 Å². The minimum absolute atomic E-state index is 0.0154. The minimum atomic E-state index is -0.762. The van der Waals surface area contributed by atoms with Crippen molar-refractivity contribution in [2.24, 2.45) is 0 Å². The Morgan fingerprint density at radius 2 is 1.72 bits per heavy atom. The van der Waals surface area contributed by atoms with E-state index < -0.39 is 11.7 Å². The van der Waals surface area contributed by atoms with E-state index >= 15 is 4.39 Å². The van der Waals surface area contributed by atoms with E-state index in [9.17, 15) is 9.90 Å². The van der Waals surface area contributed by atoms with Crippen molar-refractivity contribution < 1.29 is 19.0 Å². The molecule has 248 valence electrons.